The van der Waals surface area contributed by atoms with Gasteiger partial charge in [0.15, 0.2) is 0 Å². The second-order valence-electron chi connectivity index (χ2n) is 5.79. The van der Waals surface area contributed by atoms with E-state index in [9.17, 15) is 4.79 Å². The van der Waals surface area contributed by atoms with Gasteiger partial charge in [0, 0.05) is 24.7 Å². The summed E-state index contributed by atoms with van der Waals surface area (Å²) < 4.78 is 0. The summed E-state index contributed by atoms with van der Waals surface area (Å²) >= 11 is 0. The maximum Gasteiger partial charge on any atom is 0.225 e. The van der Waals surface area contributed by atoms with E-state index in [1.54, 1.807) is 0 Å². The Kier molecular flexibility index (Phi) is 6.06. The van der Waals surface area contributed by atoms with Crippen LogP contribution in [0, 0.1) is 0 Å². The summed E-state index contributed by atoms with van der Waals surface area (Å²) in [5.74, 6) is 0.108. The molecule has 0 unspecified atom stereocenters. The van der Waals surface area contributed by atoms with Crippen LogP contribution in [0.4, 0.5) is 5.69 Å². The van der Waals surface area contributed by atoms with Gasteiger partial charge in [-0.25, -0.2) is 0 Å². The molecule has 0 saturated heterocycles. The lowest BCUT2D eigenvalue weighted by Gasteiger charge is -2.26. The highest BCUT2D eigenvalue weighted by Crippen LogP contribution is 2.21. The minimum Gasteiger partial charge on any atom is -0.326 e. The average Bonchev–Trinajstić information content (AvgIpc) is 2.75. The number of para-hydroxylation sites is 1. The Hall–Kier alpha value is -1.35. The van der Waals surface area contributed by atoms with E-state index in [2.05, 4.69) is 17.3 Å². The van der Waals surface area contributed by atoms with E-state index in [0.29, 0.717) is 12.5 Å². The number of carbonyl (C=O) groups is 1. The van der Waals surface area contributed by atoms with E-state index < -0.39 is 0 Å². The molecule has 3 heteroatoms. The Balaban J connectivity index is 1.72. The number of anilines is 1. The third-order valence-electron chi connectivity index (χ3n) is 4.20. The van der Waals surface area contributed by atoms with Crippen molar-refractivity contribution in [2.45, 2.75) is 51.0 Å². The first-order valence-corrected chi connectivity index (χ1v) is 7.81. The SMILES string of the molecule is CN(CCC(=O)Nc1ccccc1)C1CCCCCC1. The maximum absolute atomic E-state index is 11.9. The summed E-state index contributed by atoms with van der Waals surface area (Å²) in [7, 11) is 2.16. The van der Waals surface area contributed by atoms with Crippen LogP contribution >= 0.6 is 0 Å². The molecule has 0 heterocycles. The van der Waals surface area contributed by atoms with Crippen LogP contribution in [0.15, 0.2) is 30.3 Å². The summed E-state index contributed by atoms with van der Waals surface area (Å²) in [6.45, 7) is 0.851. The van der Waals surface area contributed by atoms with Gasteiger partial charge in [-0.05, 0) is 32.0 Å². The normalized spacial score (nSPS) is 16.9. The van der Waals surface area contributed by atoms with Gasteiger partial charge >= 0.3 is 0 Å². The lowest BCUT2D eigenvalue weighted by atomic mass is 10.1. The minimum absolute atomic E-state index is 0.108. The number of nitrogens with one attached hydrogen (secondary N) is 1. The first-order chi connectivity index (χ1) is 9.75. The second-order valence-corrected chi connectivity index (χ2v) is 5.79. The molecule has 1 aromatic carbocycles. The zero-order chi connectivity index (χ0) is 14.2. The van der Waals surface area contributed by atoms with E-state index >= 15 is 0 Å². The lowest BCUT2D eigenvalue weighted by Crippen LogP contribution is -2.33. The molecule has 1 aliphatic carbocycles. The molecule has 3 nitrogen and oxygen atoms in total. The maximum atomic E-state index is 11.9. The third kappa shape index (κ3) is 4.97. The van der Waals surface area contributed by atoms with Crippen LogP contribution in [-0.2, 0) is 4.79 Å². The number of rotatable bonds is 5. The fraction of sp³-hybridized carbons (Fsp3) is 0.588. The van der Waals surface area contributed by atoms with Gasteiger partial charge in [-0.15, -0.1) is 0 Å². The number of carbonyl (C=O) groups excluding carboxylic acids is 1. The molecule has 0 radical (unpaired) electrons. The molecular formula is C17H26N2O. The van der Waals surface area contributed by atoms with Crippen LogP contribution < -0.4 is 5.32 Å². The smallest absolute Gasteiger partial charge is 0.225 e. The van der Waals surface area contributed by atoms with Gasteiger partial charge in [-0.1, -0.05) is 43.9 Å². The van der Waals surface area contributed by atoms with Gasteiger partial charge in [0.2, 0.25) is 5.91 Å². The molecule has 1 aromatic rings. The molecule has 1 aliphatic rings. The molecule has 0 spiro atoms. The van der Waals surface area contributed by atoms with Gasteiger partial charge in [0.05, 0.1) is 0 Å². The highest BCUT2D eigenvalue weighted by molar-refractivity contribution is 5.90. The van der Waals surface area contributed by atoms with Crippen molar-refractivity contribution in [3.63, 3.8) is 0 Å². The molecule has 20 heavy (non-hydrogen) atoms. The van der Waals surface area contributed by atoms with Crippen LogP contribution in [0.2, 0.25) is 0 Å². The first kappa shape index (κ1) is 15.0. The van der Waals surface area contributed by atoms with Crippen LogP contribution in [0.3, 0.4) is 0 Å². The zero-order valence-electron chi connectivity index (χ0n) is 12.5. The molecule has 1 saturated carbocycles. The zero-order valence-corrected chi connectivity index (χ0v) is 12.5. The van der Waals surface area contributed by atoms with Gasteiger partial charge in [-0.3, -0.25) is 4.79 Å². The third-order valence-corrected chi connectivity index (χ3v) is 4.20. The first-order valence-electron chi connectivity index (χ1n) is 7.81. The number of benzene rings is 1. The Bertz CT molecular complexity index is 397. The molecule has 0 aliphatic heterocycles. The monoisotopic (exact) mass is 274 g/mol. The van der Waals surface area contributed by atoms with Crippen molar-refractivity contribution < 1.29 is 4.79 Å². The molecule has 110 valence electrons. The van der Waals surface area contributed by atoms with E-state index in [0.717, 1.165) is 12.2 Å². The Morgan fingerprint density at radius 2 is 1.80 bits per heavy atom. The van der Waals surface area contributed by atoms with Crippen molar-refractivity contribution in [1.29, 1.82) is 0 Å². The average molecular weight is 274 g/mol. The van der Waals surface area contributed by atoms with Crippen molar-refractivity contribution in [3.05, 3.63) is 30.3 Å². The van der Waals surface area contributed by atoms with E-state index in [1.807, 2.05) is 30.3 Å². The van der Waals surface area contributed by atoms with Crippen molar-refractivity contribution in [1.82, 2.24) is 4.90 Å². The quantitative estimate of drug-likeness (QED) is 0.831. The van der Waals surface area contributed by atoms with Crippen molar-refractivity contribution in [2.24, 2.45) is 0 Å². The topological polar surface area (TPSA) is 32.3 Å². The molecule has 0 atom stereocenters. The van der Waals surface area contributed by atoms with Crippen molar-refractivity contribution in [3.8, 4) is 0 Å². The summed E-state index contributed by atoms with van der Waals surface area (Å²) in [4.78, 5) is 14.3. The van der Waals surface area contributed by atoms with Crippen molar-refractivity contribution in [2.75, 3.05) is 18.9 Å². The minimum atomic E-state index is 0.108. The summed E-state index contributed by atoms with van der Waals surface area (Å²) in [5.41, 5.74) is 0.884. The predicted molar refractivity (Wildman–Crippen MR) is 83.8 cm³/mol. The molecule has 1 amide bonds. The van der Waals surface area contributed by atoms with E-state index in [1.165, 1.54) is 38.5 Å². The Morgan fingerprint density at radius 1 is 1.15 bits per heavy atom. The number of amides is 1. The van der Waals surface area contributed by atoms with Crippen LogP contribution in [0.25, 0.3) is 0 Å². The Morgan fingerprint density at radius 3 is 2.45 bits per heavy atom. The molecule has 1 fully saturated rings. The van der Waals surface area contributed by atoms with E-state index in [4.69, 9.17) is 0 Å². The van der Waals surface area contributed by atoms with Crippen LogP contribution in [-0.4, -0.2) is 30.4 Å². The molecule has 0 aromatic heterocycles. The Labute approximate surface area is 122 Å². The standard InChI is InChI=1S/C17H26N2O/c1-19(16-11-7-2-3-8-12-16)14-13-17(20)18-15-9-5-4-6-10-15/h4-6,9-10,16H,2-3,7-8,11-14H2,1H3,(H,18,20). The molecular weight excluding hydrogens is 248 g/mol. The predicted octanol–water partition coefficient (Wildman–Crippen LogP) is 3.67. The van der Waals surface area contributed by atoms with Gasteiger partial charge < -0.3 is 10.2 Å². The lowest BCUT2D eigenvalue weighted by molar-refractivity contribution is -0.116. The summed E-state index contributed by atoms with van der Waals surface area (Å²) in [6.07, 6.45) is 8.57. The summed E-state index contributed by atoms with van der Waals surface area (Å²) in [5, 5.41) is 2.95. The fourth-order valence-electron chi connectivity index (χ4n) is 2.90. The second kappa shape index (κ2) is 8.05. The van der Waals surface area contributed by atoms with Crippen LogP contribution in [0.1, 0.15) is 44.9 Å². The van der Waals surface area contributed by atoms with Crippen LogP contribution in [0.5, 0.6) is 0 Å². The fourth-order valence-corrected chi connectivity index (χ4v) is 2.90. The number of nitrogens with zero attached hydrogens (tertiary/aromatic N) is 1. The van der Waals surface area contributed by atoms with Gasteiger partial charge in [-0.2, -0.15) is 0 Å². The largest absolute Gasteiger partial charge is 0.326 e. The summed E-state index contributed by atoms with van der Waals surface area (Å²) in [6, 6.07) is 10.3. The molecule has 1 N–H and O–H groups in total. The number of hydrogen-bond acceptors (Lipinski definition) is 2. The van der Waals surface area contributed by atoms with Gasteiger partial charge in [0.1, 0.15) is 0 Å². The number of hydrogen-bond donors (Lipinski definition) is 1. The van der Waals surface area contributed by atoms with E-state index in [-0.39, 0.29) is 5.91 Å². The molecule has 0 bridgehead atoms. The molecule has 2 rings (SSSR count). The highest BCUT2D eigenvalue weighted by Gasteiger charge is 2.17. The van der Waals surface area contributed by atoms with Gasteiger partial charge in [0.25, 0.3) is 0 Å². The highest BCUT2D eigenvalue weighted by atomic mass is 16.1. The van der Waals surface area contributed by atoms with Crippen molar-refractivity contribution >= 4 is 11.6 Å².